The SMILES string of the molecule is Cc1ccc(O)c(CC(CN(C(C)C)C(C)C)c2cccs2)c1. The number of nitrogens with zero attached hydrogens (tertiary/aromatic N) is 1. The van der Waals surface area contributed by atoms with Crippen LogP contribution in [0.25, 0.3) is 0 Å². The van der Waals surface area contributed by atoms with Gasteiger partial charge in [-0.05, 0) is 64.1 Å². The number of hydrogen-bond donors (Lipinski definition) is 1. The van der Waals surface area contributed by atoms with Crippen LogP contribution in [-0.2, 0) is 6.42 Å². The zero-order valence-corrected chi connectivity index (χ0v) is 15.7. The molecule has 1 atom stereocenters. The van der Waals surface area contributed by atoms with Crippen LogP contribution in [-0.4, -0.2) is 28.6 Å². The van der Waals surface area contributed by atoms with E-state index in [2.05, 4.69) is 63.1 Å². The lowest BCUT2D eigenvalue weighted by Crippen LogP contribution is -2.40. The molecule has 2 aromatic rings. The van der Waals surface area contributed by atoms with Gasteiger partial charge in [-0.2, -0.15) is 0 Å². The van der Waals surface area contributed by atoms with E-state index >= 15 is 0 Å². The molecule has 0 fully saturated rings. The molecule has 0 bridgehead atoms. The smallest absolute Gasteiger partial charge is 0.118 e. The second kappa shape index (κ2) is 7.98. The van der Waals surface area contributed by atoms with E-state index in [9.17, 15) is 5.11 Å². The lowest BCUT2D eigenvalue weighted by molar-refractivity contribution is 0.163. The van der Waals surface area contributed by atoms with Crippen LogP contribution >= 0.6 is 11.3 Å². The van der Waals surface area contributed by atoms with Gasteiger partial charge in [0.1, 0.15) is 5.75 Å². The van der Waals surface area contributed by atoms with Gasteiger partial charge >= 0.3 is 0 Å². The summed E-state index contributed by atoms with van der Waals surface area (Å²) in [5, 5.41) is 12.4. The van der Waals surface area contributed by atoms with Gasteiger partial charge in [0.15, 0.2) is 0 Å². The Balaban J connectivity index is 2.26. The van der Waals surface area contributed by atoms with E-state index in [1.165, 1.54) is 10.4 Å². The minimum absolute atomic E-state index is 0.410. The molecule has 2 nitrogen and oxygen atoms in total. The highest BCUT2D eigenvalue weighted by Gasteiger charge is 2.22. The summed E-state index contributed by atoms with van der Waals surface area (Å²) in [5.74, 6) is 0.824. The maximum absolute atomic E-state index is 10.2. The highest BCUT2D eigenvalue weighted by molar-refractivity contribution is 7.10. The summed E-state index contributed by atoms with van der Waals surface area (Å²) in [6.07, 6.45) is 0.879. The number of phenolic OH excluding ortho intramolecular Hbond substituents is 1. The van der Waals surface area contributed by atoms with Gasteiger partial charge in [-0.1, -0.05) is 23.8 Å². The third-order valence-electron chi connectivity index (χ3n) is 4.40. The maximum Gasteiger partial charge on any atom is 0.118 e. The molecular weight excluding hydrogens is 302 g/mol. The summed E-state index contributed by atoms with van der Waals surface area (Å²) in [4.78, 5) is 3.94. The second-order valence-electron chi connectivity index (χ2n) is 6.93. The quantitative estimate of drug-likeness (QED) is 0.753. The van der Waals surface area contributed by atoms with Crippen molar-refractivity contribution in [1.29, 1.82) is 0 Å². The Hall–Kier alpha value is -1.32. The highest BCUT2D eigenvalue weighted by atomic mass is 32.1. The Bertz CT molecular complexity index is 596. The predicted octanol–water partition coefficient (Wildman–Crippen LogP) is 5.21. The molecule has 0 aliphatic carbocycles. The van der Waals surface area contributed by atoms with E-state index < -0.39 is 0 Å². The number of thiophene rings is 1. The largest absolute Gasteiger partial charge is 0.508 e. The topological polar surface area (TPSA) is 23.5 Å². The fourth-order valence-electron chi connectivity index (χ4n) is 3.19. The molecule has 1 N–H and O–H groups in total. The molecule has 0 saturated carbocycles. The van der Waals surface area contributed by atoms with Crippen molar-refractivity contribution in [2.24, 2.45) is 0 Å². The highest BCUT2D eigenvalue weighted by Crippen LogP contribution is 2.31. The second-order valence-corrected chi connectivity index (χ2v) is 7.91. The Morgan fingerprint density at radius 3 is 2.35 bits per heavy atom. The normalized spacial score (nSPS) is 13.2. The van der Waals surface area contributed by atoms with E-state index in [1.807, 2.05) is 23.5 Å². The van der Waals surface area contributed by atoms with Crippen LogP contribution in [0.1, 0.15) is 49.6 Å². The Morgan fingerprint density at radius 1 is 1.09 bits per heavy atom. The molecule has 1 heterocycles. The van der Waals surface area contributed by atoms with Crippen molar-refractivity contribution in [1.82, 2.24) is 4.90 Å². The first-order valence-electron chi connectivity index (χ1n) is 8.46. The number of aromatic hydroxyl groups is 1. The Labute approximate surface area is 144 Å². The average molecular weight is 332 g/mol. The number of hydrogen-bond acceptors (Lipinski definition) is 3. The van der Waals surface area contributed by atoms with Gasteiger partial charge < -0.3 is 5.11 Å². The van der Waals surface area contributed by atoms with Crippen LogP contribution in [0.2, 0.25) is 0 Å². The molecule has 2 rings (SSSR count). The molecule has 1 aromatic carbocycles. The number of rotatable bonds is 7. The predicted molar refractivity (Wildman–Crippen MR) is 101 cm³/mol. The summed E-state index contributed by atoms with van der Waals surface area (Å²) in [6, 6.07) is 11.3. The molecule has 23 heavy (non-hydrogen) atoms. The fraction of sp³-hybridized carbons (Fsp3) is 0.500. The maximum atomic E-state index is 10.2. The molecule has 1 aromatic heterocycles. The molecule has 3 heteroatoms. The van der Waals surface area contributed by atoms with Crippen LogP contribution in [0.4, 0.5) is 0 Å². The first kappa shape index (κ1) is 18.0. The summed E-state index contributed by atoms with van der Waals surface area (Å²) in [6.45, 7) is 12.1. The van der Waals surface area contributed by atoms with Crippen molar-refractivity contribution in [2.75, 3.05) is 6.54 Å². The minimum atomic E-state index is 0.410. The summed E-state index contributed by atoms with van der Waals surface area (Å²) in [7, 11) is 0. The molecule has 0 radical (unpaired) electrons. The first-order chi connectivity index (χ1) is 10.9. The zero-order chi connectivity index (χ0) is 17.0. The minimum Gasteiger partial charge on any atom is -0.508 e. The number of aryl methyl sites for hydroxylation is 1. The van der Waals surface area contributed by atoms with Crippen molar-refractivity contribution < 1.29 is 5.11 Å². The lowest BCUT2D eigenvalue weighted by atomic mass is 9.94. The average Bonchev–Trinajstić information content (AvgIpc) is 3.00. The third kappa shape index (κ3) is 4.82. The summed E-state index contributed by atoms with van der Waals surface area (Å²) >= 11 is 1.82. The molecule has 0 aliphatic heterocycles. The lowest BCUT2D eigenvalue weighted by Gasteiger charge is -2.34. The standard InChI is InChI=1S/C20H29NOS/c1-14(2)21(15(3)4)13-18(20-7-6-10-23-20)12-17-11-16(5)8-9-19(17)22/h6-11,14-15,18,22H,12-13H2,1-5H3. The monoisotopic (exact) mass is 331 g/mol. The van der Waals surface area contributed by atoms with Crippen molar-refractivity contribution >= 4 is 11.3 Å². The van der Waals surface area contributed by atoms with E-state index in [1.54, 1.807) is 0 Å². The van der Waals surface area contributed by atoms with E-state index in [4.69, 9.17) is 0 Å². The van der Waals surface area contributed by atoms with Gasteiger partial charge in [0.2, 0.25) is 0 Å². The van der Waals surface area contributed by atoms with E-state index in [0.717, 1.165) is 18.5 Å². The van der Waals surface area contributed by atoms with Gasteiger partial charge in [0.25, 0.3) is 0 Å². The first-order valence-corrected chi connectivity index (χ1v) is 9.34. The van der Waals surface area contributed by atoms with Crippen LogP contribution < -0.4 is 0 Å². The number of phenols is 1. The van der Waals surface area contributed by atoms with E-state index in [0.29, 0.717) is 23.8 Å². The number of benzene rings is 1. The summed E-state index contributed by atoms with van der Waals surface area (Å²) in [5.41, 5.74) is 2.25. The van der Waals surface area contributed by atoms with Crippen molar-refractivity contribution in [3.8, 4) is 5.75 Å². The van der Waals surface area contributed by atoms with Crippen molar-refractivity contribution in [2.45, 2.75) is 59.0 Å². The van der Waals surface area contributed by atoms with Crippen LogP contribution in [0.5, 0.6) is 5.75 Å². The third-order valence-corrected chi connectivity index (χ3v) is 5.44. The molecule has 126 valence electrons. The molecule has 0 saturated heterocycles. The molecule has 0 spiro atoms. The Kier molecular flexibility index (Phi) is 6.25. The fourth-order valence-corrected chi connectivity index (χ4v) is 4.02. The van der Waals surface area contributed by atoms with Crippen LogP contribution in [0.3, 0.4) is 0 Å². The van der Waals surface area contributed by atoms with Gasteiger partial charge in [0, 0.05) is 29.4 Å². The molecule has 1 unspecified atom stereocenters. The summed E-state index contributed by atoms with van der Waals surface area (Å²) < 4.78 is 0. The Morgan fingerprint density at radius 2 is 1.78 bits per heavy atom. The van der Waals surface area contributed by atoms with Crippen molar-refractivity contribution in [3.05, 3.63) is 51.7 Å². The van der Waals surface area contributed by atoms with Gasteiger partial charge in [0.05, 0.1) is 0 Å². The van der Waals surface area contributed by atoms with Gasteiger partial charge in [-0.3, -0.25) is 4.90 Å². The van der Waals surface area contributed by atoms with Crippen LogP contribution in [0, 0.1) is 6.92 Å². The van der Waals surface area contributed by atoms with Gasteiger partial charge in [-0.15, -0.1) is 11.3 Å². The van der Waals surface area contributed by atoms with Crippen LogP contribution in [0.15, 0.2) is 35.7 Å². The molecule has 0 amide bonds. The van der Waals surface area contributed by atoms with Crippen molar-refractivity contribution in [3.63, 3.8) is 0 Å². The zero-order valence-electron chi connectivity index (χ0n) is 14.9. The van der Waals surface area contributed by atoms with Gasteiger partial charge in [-0.25, -0.2) is 0 Å². The molecular formula is C20H29NOS. The van der Waals surface area contributed by atoms with E-state index in [-0.39, 0.29) is 0 Å². The molecule has 0 aliphatic rings.